The maximum atomic E-state index is 12.0. The van der Waals surface area contributed by atoms with E-state index < -0.39 is 20.6 Å². The van der Waals surface area contributed by atoms with Crippen LogP contribution in [-0.2, 0) is 10.0 Å². The Morgan fingerprint density at radius 1 is 1.56 bits per heavy atom. The van der Waals surface area contributed by atoms with Gasteiger partial charge in [0.15, 0.2) is 4.90 Å². The van der Waals surface area contributed by atoms with E-state index in [-0.39, 0.29) is 11.4 Å². The molecule has 0 amide bonds. The lowest BCUT2D eigenvalue weighted by atomic mass is 10.2. The molecule has 0 fully saturated rings. The number of rotatable bonds is 5. The molecule has 1 aromatic carbocycles. The third kappa shape index (κ3) is 3.37. The quantitative estimate of drug-likeness (QED) is 0.659. The minimum absolute atomic E-state index is 0.0339. The highest BCUT2D eigenvalue weighted by Crippen LogP contribution is 2.26. The minimum Gasteiger partial charge on any atom is -0.258 e. The van der Waals surface area contributed by atoms with E-state index in [0.717, 1.165) is 6.07 Å². The Morgan fingerprint density at radius 2 is 2.17 bits per heavy atom. The van der Waals surface area contributed by atoms with Crippen LogP contribution in [0.2, 0.25) is 0 Å². The number of sulfonamides is 1. The van der Waals surface area contributed by atoms with Crippen LogP contribution in [0.15, 0.2) is 34.2 Å². The largest absolute Gasteiger partial charge is 0.289 e. The molecule has 98 valence electrons. The van der Waals surface area contributed by atoms with Crippen LogP contribution < -0.4 is 4.72 Å². The maximum absolute atomic E-state index is 12.0. The molecule has 0 aliphatic carbocycles. The summed E-state index contributed by atoms with van der Waals surface area (Å²) in [6.07, 6.45) is 0. The molecule has 0 aromatic heterocycles. The van der Waals surface area contributed by atoms with Crippen LogP contribution in [0.4, 0.5) is 5.69 Å². The molecule has 18 heavy (non-hydrogen) atoms. The summed E-state index contributed by atoms with van der Waals surface area (Å²) >= 11 is 3.01. The molecule has 0 saturated carbocycles. The van der Waals surface area contributed by atoms with E-state index in [1.54, 1.807) is 0 Å². The van der Waals surface area contributed by atoms with E-state index in [1.165, 1.54) is 19.1 Å². The molecular weight excluding hydrogens is 324 g/mol. The van der Waals surface area contributed by atoms with Gasteiger partial charge in [0.2, 0.25) is 10.0 Å². The Balaban J connectivity index is 3.31. The van der Waals surface area contributed by atoms with Gasteiger partial charge in [-0.25, -0.2) is 13.1 Å². The fraction of sp³-hybridized carbons (Fsp3) is 0.200. The molecule has 0 heterocycles. The number of aryl methyl sites for hydroxylation is 1. The van der Waals surface area contributed by atoms with E-state index in [1.807, 2.05) is 0 Å². The number of nitro groups is 1. The van der Waals surface area contributed by atoms with E-state index in [2.05, 4.69) is 27.2 Å². The van der Waals surface area contributed by atoms with Crippen molar-refractivity contribution in [3.63, 3.8) is 0 Å². The Labute approximate surface area is 113 Å². The third-order valence-corrected chi connectivity index (χ3v) is 3.98. The van der Waals surface area contributed by atoms with E-state index >= 15 is 0 Å². The summed E-state index contributed by atoms with van der Waals surface area (Å²) in [5.74, 6) is 0. The Morgan fingerprint density at radius 3 is 2.67 bits per heavy atom. The average molecular weight is 335 g/mol. The monoisotopic (exact) mass is 334 g/mol. The number of nitrogens with one attached hydrogen (secondary N) is 1. The molecule has 0 unspecified atom stereocenters. The highest BCUT2D eigenvalue weighted by molar-refractivity contribution is 9.11. The third-order valence-electron chi connectivity index (χ3n) is 2.11. The molecule has 0 spiro atoms. The van der Waals surface area contributed by atoms with Gasteiger partial charge in [-0.1, -0.05) is 34.6 Å². The van der Waals surface area contributed by atoms with Gasteiger partial charge in [-0.05, 0) is 12.5 Å². The maximum Gasteiger partial charge on any atom is 0.289 e. The molecule has 1 N–H and O–H groups in total. The molecular formula is C10H11BrN2O4S. The lowest BCUT2D eigenvalue weighted by molar-refractivity contribution is -0.387. The predicted octanol–water partition coefficient (Wildman–Crippen LogP) is 2.09. The van der Waals surface area contributed by atoms with E-state index in [4.69, 9.17) is 0 Å². The van der Waals surface area contributed by atoms with Crippen molar-refractivity contribution < 1.29 is 13.3 Å². The zero-order valence-electron chi connectivity index (χ0n) is 9.51. The smallest absolute Gasteiger partial charge is 0.258 e. The highest BCUT2D eigenvalue weighted by atomic mass is 79.9. The van der Waals surface area contributed by atoms with Crippen LogP contribution in [0.3, 0.4) is 0 Å². The van der Waals surface area contributed by atoms with Crippen LogP contribution in [0, 0.1) is 17.0 Å². The molecule has 0 aliphatic heterocycles. The number of halogens is 1. The van der Waals surface area contributed by atoms with Gasteiger partial charge >= 0.3 is 0 Å². The van der Waals surface area contributed by atoms with Crippen LogP contribution in [0.5, 0.6) is 0 Å². The van der Waals surface area contributed by atoms with Crippen LogP contribution in [-0.4, -0.2) is 19.9 Å². The number of hydrogen-bond donors (Lipinski definition) is 1. The molecule has 0 radical (unpaired) electrons. The molecule has 1 rings (SSSR count). The first kappa shape index (κ1) is 14.8. The van der Waals surface area contributed by atoms with Crippen LogP contribution >= 0.6 is 15.9 Å². The summed E-state index contributed by atoms with van der Waals surface area (Å²) in [6.45, 7) is 4.96. The van der Waals surface area contributed by atoms with Crippen molar-refractivity contribution in [3.05, 3.63) is 44.9 Å². The molecule has 0 saturated heterocycles. The first-order valence-corrected chi connectivity index (χ1v) is 7.10. The molecule has 6 nitrogen and oxygen atoms in total. The SMILES string of the molecule is C=C(Br)CNS(=O)(=O)c1c(C)cccc1[N+](=O)[O-]. The van der Waals surface area contributed by atoms with Crippen LogP contribution in [0.25, 0.3) is 0 Å². The summed E-state index contributed by atoms with van der Waals surface area (Å²) in [4.78, 5) is 9.81. The zero-order chi connectivity index (χ0) is 13.9. The molecule has 0 atom stereocenters. The first-order chi connectivity index (χ1) is 8.25. The van der Waals surface area contributed by atoms with Gasteiger partial charge in [0.05, 0.1) is 4.92 Å². The van der Waals surface area contributed by atoms with Crippen molar-refractivity contribution in [2.45, 2.75) is 11.8 Å². The summed E-state index contributed by atoms with van der Waals surface area (Å²) < 4.78 is 26.7. The second-order valence-electron chi connectivity index (χ2n) is 3.52. The number of hydrogen-bond acceptors (Lipinski definition) is 4. The fourth-order valence-corrected chi connectivity index (χ4v) is 3.12. The second kappa shape index (κ2) is 5.59. The summed E-state index contributed by atoms with van der Waals surface area (Å²) in [5, 5.41) is 10.8. The second-order valence-corrected chi connectivity index (χ2v) is 6.35. The van der Waals surface area contributed by atoms with E-state index in [0.29, 0.717) is 10.0 Å². The Bertz CT molecular complexity index is 598. The van der Waals surface area contributed by atoms with Crippen molar-refractivity contribution in [2.75, 3.05) is 6.54 Å². The zero-order valence-corrected chi connectivity index (χ0v) is 11.9. The number of nitro benzene ring substituents is 1. The summed E-state index contributed by atoms with van der Waals surface area (Å²) in [6, 6.07) is 4.10. The molecule has 0 bridgehead atoms. The standard InChI is InChI=1S/C10H11BrN2O4S/c1-7-4-3-5-9(13(14)15)10(7)18(16,17)12-6-8(2)11/h3-5,12H,2,6H2,1H3. The Hall–Kier alpha value is -1.25. The van der Waals surface area contributed by atoms with E-state index in [9.17, 15) is 18.5 Å². The van der Waals surface area contributed by atoms with Gasteiger partial charge in [-0.3, -0.25) is 10.1 Å². The van der Waals surface area contributed by atoms with Gasteiger partial charge in [-0.15, -0.1) is 0 Å². The Kier molecular flexibility index (Phi) is 4.60. The molecule has 8 heteroatoms. The van der Waals surface area contributed by atoms with Crippen molar-refractivity contribution in [2.24, 2.45) is 0 Å². The predicted molar refractivity (Wildman–Crippen MR) is 71.1 cm³/mol. The van der Waals surface area contributed by atoms with Crippen LogP contribution in [0.1, 0.15) is 5.56 Å². The molecule has 0 aliphatic rings. The van der Waals surface area contributed by atoms with Crippen molar-refractivity contribution >= 4 is 31.6 Å². The number of benzene rings is 1. The minimum atomic E-state index is -3.94. The van der Waals surface area contributed by atoms with Crippen molar-refractivity contribution in [3.8, 4) is 0 Å². The van der Waals surface area contributed by atoms with Crippen molar-refractivity contribution in [1.82, 2.24) is 4.72 Å². The first-order valence-electron chi connectivity index (χ1n) is 4.82. The fourth-order valence-electron chi connectivity index (χ4n) is 1.38. The topological polar surface area (TPSA) is 89.3 Å². The number of nitrogens with zero attached hydrogens (tertiary/aromatic N) is 1. The van der Waals surface area contributed by atoms with Gasteiger partial charge in [-0.2, -0.15) is 0 Å². The lowest BCUT2D eigenvalue weighted by Crippen LogP contribution is -2.26. The summed E-state index contributed by atoms with van der Waals surface area (Å²) in [5.41, 5.74) is -0.125. The van der Waals surface area contributed by atoms with Gasteiger partial charge < -0.3 is 0 Å². The van der Waals surface area contributed by atoms with Gasteiger partial charge in [0.25, 0.3) is 5.69 Å². The van der Waals surface area contributed by atoms with Gasteiger partial charge in [0.1, 0.15) is 0 Å². The average Bonchev–Trinajstić information content (AvgIpc) is 2.25. The lowest BCUT2D eigenvalue weighted by Gasteiger charge is -2.09. The van der Waals surface area contributed by atoms with Crippen molar-refractivity contribution in [1.29, 1.82) is 0 Å². The summed E-state index contributed by atoms with van der Waals surface area (Å²) in [7, 11) is -3.94. The normalized spacial score (nSPS) is 11.2. The van der Waals surface area contributed by atoms with Gasteiger partial charge in [0, 0.05) is 17.1 Å². The highest BCUT2D eigenvalue weighted by Gasteiger charge is 2.27. The molecule has 1 aromatic rings.